The van der Waals surface area contributed by atoms with E-state index in [-0.39, 0.29) is 5.92 Å². The summed E-state index contributed by atoms with van der Waals surface area (Å²) in [6, 6.07) is 11.3. The number of nitriles is 1. The first kappa shape index (κ1) is 25.3. The van der Waals surface area contributed by atoms with Gasteiger partial charge in [-0.3, -0.25) is 4.98 Å². The van der Waals surface area contributed by atoms with E-state index in [1.807, 2.05) is 13.0 Å². The van der Waals surface area contributed by atoms with Crippen molar-refractivity contribution < 1.29 is 13.2 Å². The maximum atomic E-state index is 12.8. The van der Waals surface area contributed by atoms with Gasteiger partial charge in [-0.1, -0.05) is 31.4 Å². The van der Waals surface area contributed by atoms with Crippen LogP contribution in [0.2, 0.25) is 0 Å². The summed E-state index contributed by atoms with van der Waals surface area (Å²) in [4.78, 5) is 6.98. The lowest BCUT2D eigenvalue weighted by atomic mass is 9.91. The predicted molar refractivity (Wildman–Crippen MR) is 132 cm³/mol. The molecule has 1 aromatic carbocycles. The molecule has 2 aliphatic rings. The number of nitrogens with zero attached hydrogens (tertiary/aromatic N) is 3. The van der Waals surface area contributed by atoms with Crippen LogP contribution in [0.4, 0.5) is 24.5 Å². The third kappa shape index (κ3) is 6.46. The number of hydrogen-bond donors (Lipinski definition) is 2. The van der Waals surface area contributed by atoms with Crippen molar-refractivity contribution in [2.75, 3.05) is 10.3 Å². The van der Waals surface area contributed by atoms with Crippen molar-refractivity contribution in [3.05, 3.63) is 53.3 Å². The number of hydrazine groups is 1. The monoisotopic (exact) mass is 485 g/mol. The summed E-state index contributed by atoms with van der Waals surface area (Å²) in [5, 5.41) is 9.69. The van der Waals surface area contributed by atoms with E-state index in [0.717, 1.165) is 36.7 Å². The van der Waals surface area contributed by atoms with Crippen LogP contribution in [-0.2, 0) is 6.54 Å². The molecule has 5 nitrogen and oxygen atoms in total. The van der Waals surface area contributed by atoms with Gasteiger partial charge in [0.05, 0.1) is 36.1 Å². The molecule has 0 bridgehead atoms. The van der Waals surface area contributed by atoms with Crippen molar-refractivity contribution in [2.24, 2.45) is 0 Å². The van der Waals surface area contributed by atoms with E-state index < -0.39 is 12.2 Å². The van der Waals surface area contributed by atoms with Crippen LogP contribution in [0.25, 0.3) is 0 Å². The zero-order valence-electron chi connectivity index (χ0n) is 20.4. The van der Waals surface area contributed by atoms with Gasteiger partial charge in [-0.25, -0.2) is 5.43 Å². The molecule has 0 aliphatic heterocycles. The Morgan fingerprint density at radius 3 is 2.43 bits per heavy atom. The Bertz CT molecular complexity index is 1020. The molecule has 0 saturated heterocycles. The Hall–Kier alpha value is -2.79. The molecule has 1 heterocycles. The highest BCUT2D eigenvalue weighted by atomic mass is 19.4. The number of benzene rings is 1. The molecule has 2 aromatic rings. The van der Waals surface area contributed by atoms with Crippen molar-refractivity contribution in [2.45, 2.75) is 95.4 Å². The number of alkyl halides is 3. The second-order valence-electron chi connectivity index (χ2n) is 9.93. The number of rotatable bonds is 9. The lowest BCUT2D eigenvalue weighted by Gasteiger charge is -2.38. The third-order valence-electron chi connectivity index (χ3n) is 7.17. The van der Waals surface area contributed by atoms with Crippen LogP contribution in [0.15, 0.2) is 36.5 Å². The van der Waals surface area contributed by atoms with E-state index >= 15 is 0 Å². The highest BCUT2D eigenvalue weighted by Gasteiger charge is 2.35. The van der Waals surface area contributed by atoms with E-state index in [1.54, 1.807) is 12.3 Å². The average molecular weight is 486 g/mol. The molecule has 0 radical (unpaired) electrons. The average Bonchev–Trinajstić information content (AvgIpc) is 3.71. The van der Waals surface area contributed by atoms with Crippen LogP contribution in [0.5, 0.6) is 0 Å². The molecule has 2 fully saturated rings. The van der Waals surface area contributed by atoms with Crippen LogP contribution in [0, 0.1) is 11.3 Å². The topological polar surface area (TPSA) is 64.0 Å². The van der Waals surface area contributed by atoms with E-state index in [2.05, 4.69) is 45.0 Å². The third-order valence-corrected chi connectivity index (χ3v) is 7.17. The fourth-order valence-electron chi connectivity index (χ4n) is 4.76. The maximum absolute atomic E-state index is 12.8. The van der Waals surface area contributed by atoms with E-state index in [1.165, 1.54) is 37.7 Å². The number of pyridine rings is 1. The molecule has 2 unspecified atom stereocenters. The fraction of sp³-hybridized carbons (Fsp3) is 0.556. The molecule has 2 aliphatic carbocycles. The van der Waals surface area contributed by atoms with Crippen molar-refractivity contribution in [3.8, 4) is 6.07 Å². The lowest BCUT2D eigenvalue weighted by molar-refractivity contribution is -0.150. The van der Waals surface area contributed by atoms with Gasteiger partial charge in [-0.05, 0) is 74.8 Å². The molecule has 8 heteroatoms. The Labute approximate surface area is 205 Å². The molecule has 0 amide bonds. The molecular formula is C27H34F3N5. The van der Waals surface area contributed by atoms with Crippen LogP contribution >= 0.6 is 0 Å². The molecule has 2 atom stereocenters. The SMILES string of the molecule is CC(C#N)c1ccc(C2CC2)cc1N(Cc1ccc(NNC(C)C(F)(F)F)cn1)C1CCCCC1. The molecule has 1 aromatic heterocycles. The van der Waals surface area contributed by atoms with Crippen molar-refractivity contribution in [1.29, 1.82) is 5.26 Å². The van der Waals surface area contributed by atoms with E-state index in [4.69, 9.17) is 0 Å². The van der Waals surface area contributed by atoms with E-state index in [0.29, 0.717) is 24.2 Å². The highest BCUT2D eigenvalue weighted by molar-refractivity contribution is 5.60. The minimum Gasteiger partial charge on any atom is -0.362 e. The van der Waals surface area contributed by atoms with E-state index in [9.17, 15) is 18.4 Å². The van der Waals surface area contributed by atoms with Gasteiger partial charge in [-0.15, -0.1) is 0 Å². The molecule has 35 heavy (non-hydrogen) atoms. The van der Waals surface area contributed by atoms with Crippen molar-refractivity contribution in [3.63, 3.8) is 0 Å². The summed E-state index contributed by atoms with van der Waals surface area (Å²) in [7, 11) is 0. The van der Waals surface area contributed by atoms with Gasteiger partial charge in [0, 0.05) is 11.7 Å². The van der Waals surface area contributed by atoms with Crippen LogP contribution < -0.4 is 15.8 Å². The Morgan fingerprint density at radius 2 is 1.83 bits per heavy atom. The molecule has 4 rings (SSSR count). The molecule has 188 valence electrons. The standard InChI is InChI=1S/C27H34F3N5/c1-18(15-31)25-13-10-21(20-8-9-20)14-26(25)35(24-6-4-3-5-7-24)17-23-12-11-22(16-32-23)34-33-19(2)27(28,29)30/h10-14,16,18-20,24,33-34H,3-9,17H2,1-2H3. The van der Waals surface area contributed by atoms with Gasteiger partial charge < -0.3 is 10.3 Å². The van der Waals surface area contributed by atoms with Crippen LogP contribution in [-0.4, -0.2) is 23.2 Å². The first-order chi connectivity index (χ1) is 16.8. The minimum absolute atomic E-state index is 0.217. The zero-order valence-corrected chi connectivity index (χ0v) is 20.4. The molecular weight excluding hydrogens is 451 g/mol. The van der Waals surface area contributed by atoms with Gasteiger partial charge >= 0.3 is 6.18 Å². The predicted octanol–water partition coefficient (Wildman–Crippen LogP) is 6.79. The first-order valence-electron chi connectivity index (χ1n) is 12.6. The van der Waals surface area contributed by atoms with Crippen LogP contribution in [0.1, 0.15) is 87.4 Å². The van der Waals surface area contributed by atoms with Gasteiger partial charge in [-0.2, -0.15) is 18.4 Å². The van der Waals surface area contributed by atoms with Gasteiger partial charge in [0.15, 0.2) is 0 Å². The fourth-order valence-corrected chi connectivity index (χ4v) is 4.76. The summed E-state index contributed by atoms with van der Waals surface area (Å²) in [6.07, 6.45) is 5.49. The highest BCUT2D eigenvalue weighted by Crippen LogP contribution is 2.43. The summed E-state index contributed by atoms with van der Waals surface area (Å²) in [5.74, 6) is 0.397. The molecule has 2 saturated carbocycles. The second-order valence-corrected chi connectivity index (χ2v) is 9.93. The minimum atomic E-state index is -4.33. The summed E-state index contributed by atoms with van der Waals surface area (Å²) >= 11 is 0. The number of nitrogens with one attached hydrogen (secondary N) is 2. The number of aromatic nitrogens is 1. The Kier molecular flexibility index (Phi) is 7.85. The van der Waals surface area contributed by atoms with Gasteiger partial charge in [0.2, 0.25) is 0 Å². The Morgan fingerprint density at radius 1 is 1.09 bits per heavy atom. The zero-order chi connectivity index (χ0) is 25.0. The largest absolute Gasteiger partial charge is 0.405 e. The summed E-state index contributed by atoms with van der Waals surface area (Å²) in [6.45, 7) is 3.60. The summed E-state index contributed by atoms with van der Waals surface area (Å²) in [5.41, 5.74) is 9.71. The normalized spacial score (nSPS) is 18.5. The maximum Gasteiger partial charge on any atom is 0.405 e. The van der Waals surface area contributed by atoms with Crippen molar-refractivity contribution >= 4 is 11.4 Å². The molecule has 2 N–H and O–H groups in total. The smallest absolute Gasteiger partial charge is 0.362 e. The second kappa shape index (κ2) is 10.9. The van der Waals surface area contributed by atoms with Gasteiger partial charge in [0.25, 0.3) is 0 Å². The quantitative estimate of drug-likeness (QED) is 0.383. The first-order valence-corrected chi connectivity index (χ1v) is 12.6. The number of halogens is 3. The lowest BCUT2D eigenvalue weighted by Crippen LogP contribution is -2.42. The number of hydrogen-bond acceptors (Lipinski definition) is 5. The molecule has 0 spiro atoms. The van der Waals surface area contributed by atoms with Crippen molar-refractivity contribution in [1.82, 2.24) is 10.4 Å². The van der Waals surface area contributed by atoms with Crippen LogP contribution in [0.3, 0.4) is 0 Å². The van der Waals surface area contributed by atoms with Gasteiger partial charge in [0.1, 0.15) is 6.04 Å². The Balaban J connectivity index is 1.58. The summed E-state index contributed by atoms with van der Waals surface area (Å²) < 4.78 is 38.3. The number of anilines is 2.